The number of anilines is 1. The Kier molecular flexibility index (Phi) is 6.72. The van der Waals surface area contributed by atoms with E-state index in [-0.39, 0.29) is 16.0 Å². The molecule has 0 saturated carbocycles. The van der Waals surface area contributed by atoms with Crippen LogP contribution in [0.25, 0.3) is 0 Å². The summed E-state index contributed by atoms with van der Waals surface area (Å²) < 4.78 is 30.5. The van der Waals surface area contributed by atoms with Gasteiger partial charge in [0.2, 0.25) is 15.9 Å². The lowest BCUT2D eigenvalue weighted by atomic mass is 10.2. The van der Waals surface area contributed by atoms with Crippen LogP contribution in [0.3, 0.4) is 0 Å². The van der Waals surface area contributed by atoms with Gasteiger partial charge in [-0.2, -0.15) is 0 Å². The Morgan fingerprint density at radius 3 is 2.21 bits per heavy atom. The van der Waals surface area contributed by atoms with Crippen molar-refractivity contribution in [3.05, 3.63) is 59.7 Å². The Labute approximate surface area is 168 Å². The fraction of sp³-hybridized carbons (Fsp3) is 0.211. The Morgan fingerprint density at radius 2 is 1.66 bits per heavy atom. The number of benzene rings is 2. The van der Waals surface area contributed by atoms with Crippen molar-refractivity contribution in [1.82, 2.24) is 4.31 Å². The normalized spacial score (nSPS) is 12.3. The molecule has 1 atom stereocenters. The van der Waals surface area contributed by atoms with Crippen molar-refractivity contribution in [2.45, 2.75) is 17.9 Å². The standard InChI is InChI=1S/C19H21N3O6S/c1-12(18(24)21-15-9-7-13(8-10-15)17(20)23)28-19(25)14-5-4-6-16(11-14)29(26,27)22(2)3/h4-12H,1-3H3,(H2,20,23)(H,21,24). The Bertz CT molecular complexity index is 1030. The number of carbonyl (C=O) groups is 3. The summed E-state index contributed by atoms with van der Waals surface area (Å²) in [5.74, 6) is -2.03. The third kappa shape index (κ3) is 5.39. The van der Waals surface area contributed by atoms with E-state index in [1.165, 1.54) is 69.6 Å². The summed E-state index contributed by atoms with van der Waals surface area (Å²) in [7, 11) is -0.959. The molecule has 2 amide bonds. The molecule has 9 nitrogen and oxygen atoms in total. The van der Waals surface area contributed by atoms with Crippen molar-refractivity contribution in [2.24, 2.45) is 5.73 Å². The number of amides is 2. The molecule has 0 fully saturated rings. The largest absolute Gasteiger partial charge is 0.449 e. The summed E-state index contributed by atoms with van der Waals surface area (Å²) in [4.78, 5) is 35.5. The van der Waals surface area contributed by atoms with Crippen LogP contribution in [0.4, 0.5) is 5.69 Å². The second-order valence-corrected chi connectivity index (χ2v) is 8.45. The molecule has 154 valence electrons. The summed E-state index contributed by atoms with van der Waals surface area (Å²) in [6, 6.07) is 11.2. The van der Waals surface area contributed by atoms with E-state index in [0.29, 0.717) is 5.69 Å². The molecule has 3 N–H and O–H groups in total. The lowest BCUT2D eigenvalue weighted by Crippen LogP contribution is -2.30. The number of nitrogens with one attached hydrogen (secondary N) is 1. The lowest BCUT2D eigenvalue weighted by molar-refractivity contribution is -0.123. The van der Waals surface area contributed by atoms with Crippen molar-refractivity contribution >= 4 is 33.5 Å². The van der Waals surface area contributed by atoms with Crippen LogP contribution < -0.4 is 11.1 Å². The van der Waals surface area contributed by atoms with E-state index in [0.717, 1.165) is 4.31 Å². The van der Waals surface area contributed by atoms with E-state index in [1.807, 2.05) is 0 Å². The van der Waals surface area contributed by atoms with Crippen LogP contribution in [0.15, 0.2) is 53.4 Å². The summed E-state index contributed by atoms with van der Waals surface area (Å²) in [6.07, 6.45) is -1.15. The highest BCUT2D eigenvalue weighted by atomic mass is 32.2. The predicted molar refractivity (Wildman–Crippen MR) is 106 cm³/mol. The minimum atomic E-state index is -3.71. The predicted octanol–water partition coefficient (Wildman–Crippen LogP) is 1.22. The molecular weight excluding hydrogens is 398 g/mol. The zero-order chi connectivity index (χ0) is 21.8. The molecule has 0 aromatic heterocycles. The first-order valence-electron chi connectivity index (χ1n) is 8.46. The van der Waals surface area contributed by atoms with Gasteiger partial charge in [0, 0.05) is 25.3 Å². The first-order valence-corrected chi connectivity index (χ1v) is 9.90. The molecule has 0 aliphatic heterocycles. The highest BCUT2D eigenvalue weighted by molar-refractivity contribution is 7.89. The second kappa shape index (κ2) is 8.84. The van der Waals surface area contributed by atoms with E-state index in [9.17, 15) is 22.8 Å². The molecule has 10 heteroatoms. The number of esters is 1. The van der Waals surface area contributed by atoms with Crippen molar-refractivity contribution in [3.63, 3.8) is 0 Å². The fourth-order valence-corrected chi connectivity index (χ4v) is 3.19. The monoisotopic (exact) mass is 419 g/mol. The first kappa shape index (κ1) is 22.1. The molecule has 1 unspecified atom stereocenters. The average Bonchev–Trinajstić information content (AvgIpc) is 2.68. The van der Waals surface area contributed by atoms with Crippen molar-refractivity contribution < 1.29 is 27.5 Å². The number of hydrogen-bond acceptors (Lipinski definition) is 6. The van der Waals surface area contributed by atoms with Gasteiger partial charge in [0.1, 0.15) is 0 Å². The zero-order valence-electron chi connectivity index (χ0n) is 16.1. The minimum Gasteiger partial charge on any atom is -0.449 e. The number of carbonyl (C=O) groups excluding carboxylic acids is 3. The van der Waals surface area contributed by atoms with Crippen LogP contribution in [0.2, 0.25) is 0 Å². The van der Waals surface area contributed by atoms with Crippen LogP contribution in [-0.4, -0.2) is 50.7 Å². The van der Waals surface area contributed by atoms with Gasteiger partial charge in [0.05, 0.1) is 10.5 Å². The molecule has 2 aromatic carbocycles. The Morgan fingerprint density at radius 1 is 1.03 bits per heavy atom. The third-order valence-corrected chi connectivity index (χ3v) is 5.75. The number of ether oxygens (including phenoxy) is 1. The smallest absolute Gasteiger partial charge is 0.338 e. The molecule has 0 bridgehead atoms. The molecule has 2 aromatic rings. The SMILES string of the molecule is CC(OC(=O)c1cccc(S(=O)(=O)N(C)C)c1)C(=O)Nc1ccc(C(N)=O)cc1. The van der Waals surface area contributed by atoms with Crippen LogP contribution in [0.5, 0.6) is 0 Å². The lowest BCUT2D eigenvalue weighted by Gasteiger charge is -2.15. The quantitative estimate of drug-likeness (QED) is 0.648. The number of primary amides is 1. The molecule has 0 aliphatic carbocycles. The molecule has 0 spiro atoms. The number of hydrogen-bond donors (Lipinski definition) is 2. The van der Waals surface area contributed by atoms with Gasteiger partial charge < -0.3 is 15.8 Å². The molecule has 0 saturated heterocycles. The van der Waals surface area contributed by atoms with Gasteiger partial charge in [0.25, 0.3) is 5.91 Å². The van der Waals surface area contributed by atoms with E-state index < -0.39 is 33.9 Å². The Balaban J connectivity index is 2.06. The number of sulfonamides is 1. The molecular formula is C19H21N3O6S. The zero-order valence-corrected chi connectivity index (χ0v) is 16.9. The van der Waals surface area contributed by atoms with Gasteiger partial charge in [-0.1, -0.05) is 6.07 Å². The van der Waals surface area contributed by atoms with E-state index in [2.05, 4.69) is 5.32 Å². The number of rotatable bonds is 7. The van der Waals surface area contributed by atoms with Crippen molar-refractivity contribution in [2.75, 3.05) is 19.4 Å². The molecule has 0 aliphatic rings. The maximum absolute atomic E-state index is 12.3. The minimum absolute atomic E-state index is 0.00149. The topological polar surface area (TPSA) is 136 Å². The van der Waals surface area contributed by atoms with Crippen molar-refractivity contribution in [3.8, 4) is 0 Å². The highest BCUT2D eigenvalue weighted by Gasteiger charge is 2.22. The number of nitrogens with zero attached hydrogens (tertiary/aromatic N) is 1. The second-order valence-electron chi connectivity index (χ2n) is 6.29. The van der Waals surface area contributed by atoms with Crippen LogP contribution in [-0.2, 0) is 19.6 Å². The Hall–Kier alpha value is -3.24. The van der Waals surface area contributed by atoms with Gasteiger partial charge in [-0.3, -0.25) is 9.59 Å². The molecule has 0 heterocycles. The van der Waals surface area contributed by atoms with E-state index >= 15 is 0 Å². The summed E-state index contributed by atoms with van der Waals surface area (Å²) >= 11 is 0. The maximum Gasteiger partial charge on any atom is 0.338 e. The highest BCUT2D eigenvalue weighted by Crippen LogP contribution is 2.16. The van der Waals surface area contributed by atoms with Crippen LogP contribution in [0, 0.1) is 0 Å². The maximum atomic E-state index is 12.3. The van der Waals surface area contributed by atoms with Gasteiger partial charge in [-0.25, -0.2) is 17.5 Å². The van der Waals surface area contributed by atoms with E-state index in [1.54, 1.807) is 0 Å². The van der Waals surface area contributed by atoms with Crippen LogP contribution >= 0.6 is 0 Å². The van der Waals surface area contributed by atoms with Gasteiger partial charge >= 0.3 is 5.97 Å². The average molecular weight is 419 g/mol. The molecule has 2 rings (SSSR count). The first-order chi connectivity index (χ1) is 13.5. The van der Waals surface area contributed by atoms with Gasteiger partial charge in [0.15, 0.2) is 6.10 Å². The summed E-state index contributed by atoms with van der Waals surface area (Å²) in [5.41, 5.74) is 5.83. The number of nitrogens with two attached hydrogens (primary N) is 1. The molecule has 0 radical (unpaired) electrons. The van der Waals surface area contributed by atoms with Gasteiger partial charge in [-0.05, 0) is 49.4 Å². The third-order valence-electron chi connectivity index (χ3n) is 3.94. The summed E-state index contributed by atoms with van der Waals surface area (Å²) in [5, 5.41) is 2.54. The van der Waals surface area contributed by atoms with Crippen LogP contribution in [0.1, 0.15) is 27.6 Å². The van der Waals surface area contributed by atoms with Crippen molar-refractivity contribution in [1.29, 1.82) is 0 Å². The fourth-order valence-electron chi connectivity index (χ4n) is 2.24. The van der Waals surface area contributed by atoms with Gasteiger partial charge in [-0.15, -0.1) is 0 Å². The molecule has 29 heavy (non-hydrogen) atoms. The van der Waals surface area contributed by atoms with E-state index in [4.69, 9.17) is 10.5 Å². The summed E-state index contributed by atoms with van der Waals surface area (Å²) in [6.45, 7) is 1.38.